The number of nitrogens with zero attached hydrogens (tertiary/aromatic N) is 1. The standard InChI is InChI=1S/C18H25N3O2/c1-21(11-13-5-4-8-23-12-13)18(22)16(19)9-14-10-20-17-7-3-2-6-15(14)17/h2-3,6-7,10,13,16,20H,4-5,8-9,11-12,19H2,1H3/t13?,16-/m0/s1. The molecular formula is C18H25N3O2. The number of nitrogens with one attached hydrogen (secondary N) is 1. The predicted octanol–water partition coefficient (Wildman–Crippen LogP) is 1.92. The number of hydrogen-bond donors (Lipinski definition) is 2. The van der Waals surface area contributed by atoms with E-state index in [1.807, 2.05) is 31.4 Å². The molecule has 5 heteroatoms. The molecule has 0 radical (unpaired) electrons. The SMILES string of the molecule is CN(CC1CCCOC1)C(=O)[C@@H](N)Cc1c[nH]c2ccccc12. The first-order valence-electron chi connectivity index (χ1n) is 8.28. The molecular weight excluding hydrogens is 290 g/mol. The lowest BCUT2D eigenvalue weighted by Gasteiger charge is -2.28. The highest BCUT2D eigenvalue weighted by Crippen LogP contribution is 2.19. The zero-order valence-electron chi connectivity index (χ0n) is 13.6. The Bertz CT molecular complexity index is 661. The Hall–Kier alpha value is -1.85. The van der Waals surface area contributed by atoms with Gasteiger partial charge >= 0.3 is 0 Å². The fourth-order valence-electron chi connectivity index (χ4n) is 3.34. The number of carbonyl (C=O) groups excluding carboxylic acids is 1. The number of carbonyl (C=O) groups is 1. The van der Waals surface area contributed by atoms with E-state index in [9.17, 15) is 4.79 Å². The van der Waals surface area contributed by atoms with Crippen LogP contribution in [0.3, 0.4) is 0 Å². The van der Waals surface area contributed by atoms with Gasteiger partial charge in [-0.1, -0.05) is 18.2 Å². The highest BCUT2D eigenvalue weighted by Gasteiger charge is 2.23. The molecule has 3 rings (SSSR count). The number of rotatable bonds is 5. The van der Waals surface area contributed by atoms with Gasteiger partial charge in [0.05, 0.1) is 12.6 Å². The summed E-state index contributed by atoms with van der Waals surface area (Å²) in [5.74, 6) is 0.429. The quantitative estimate of drug-likeness (QED) is 0.885. The topological polar surface area (TPSA) is 71.3 Å². The number of amides is 1. The molecule has 3 N–H and O–H groups in total. The van der Waals surface area contributed by atoms with Crippen LogP contribution in [0.4, 0.5) is 0 Å². The van der Waals surface area contributed by atoms with E-state index in [4.69, 9.17) is 10.5 Å². The van der Waals surface area contributed by atoms with Gasteiger partial charge in [0.25, 0.3) is 0 Å². The van der Waals surface area contributed by atoms with E-state index in [1.165, 1.54) is 0 Å². The Morgan fingerprint density at radius 3 is 3.09 bits per heavy atom. The minimum Gasteiger partial charge on any atom is -0.381 e. The molecule has 2 atom stereocenters. The summed E-state index contributed by atoms with van der Waals surface area (Å²) in [5.41, 5.74) is 8.34. The maximum Gasteiger partial charge on any atom is 0.239 e. The molecule has 1 unspecified atom stereocenters. The van der Waals surface area contributed by atoms with Crippen LogP contribution >= 0.6 is 0 Å². The van der Waals surface area contributed by atoms with Crippen molar-refractivity contribution in [2.24, 2.45) is 11.7 Å². The van der Waals surface area contributed by atoms with Gasteiger partial charge < -0.3 is 20.4 Å². The number of aromatic nitrogens is 1. The third kappa shape index (κ3) is 3.74. The molecule has 0 bridgehead atoms. The number of benzene rings is 1. The number of H-pyrrole nitrogens is 1. The monoisotopic (exact) mass is 315 g/mol. The Labute approximate surface area is 136 Å². The molecule has 0 spiro atoms. The van der Waals surface area contributed by atoms with Crippen molar-refractivity contribution in [3.8, 4) is 0 Å². The second-order valence-corrected chi connectivity index (χ2v) is 6.47. The van der Waals surface area contributed by atoms with Crippen molar-refractivity contribution in [2.75, 3.05) is 26.8 Å². The second-order valence-electron chi connectivity index (χ2n) is 6.47. The zero-order valence-corrected chi connectivity index (χ0v) is 13.6. The zero-order chi connectivity index (χ0) is 16.2. The molecule has 124 valence electrons. The van der Waals surface area contributed by atoms with Crippen molar-refractivity contribution in [1.29, 1.82) is 0 Å². The summed E-state index contributed by atoms with van der Waals surface area (Å²) in [6.45, 7) is 2.31. The number of nitrogens with two attached hydrogens (primary N) is 1. The highest BCUT2D eigenvalue weighted by molar-refractivity contribution is 5.86. The van der Waals surface area contributed by atoms with Gasteiger partial charge in [0.1, 0.15) is 0 Å². The smallest absolute Gasteiger partial charge is 0.239 e. The van der Waals surface area contributed by atoms with Crippen LogP contribution in [0.1, 0.15) is 18.4 Å². The minimum absolute atomic E-state index is 0.000791. The van der Waals surface area contributed by atoms with Crippen molar-refractivity contribution < 1.29 is 9.53 Å². The molecule has 1 saturated heterocycles. The number of para-hydroxylation sites is 1. The maximum atomic E-state index is 12.5. The average Bonchev–Trinajstić information content (AvgIpc) is 2.98. The van der Waals surface area contributed by atoms with E-state index >= 15 is 0 Å². The van der Waals surface area contributed by atoms with Gasteiger partial charge in [-0.05, 0) is 36.8 Å². The predicted molar refractivity (Wildman–Crippen MR) is 91.2 cm³/mol. The summed E-state index contributed by atoms with van der Waals surface area (Å²) in [4.78, 5) is 17.5. The van der Waals surface area contributed by atoms with Crippen molar-refractivity contribution in [3.05, 3.63) is 36.0 Å². The molecule has 23 heavy (non-hydrogen) atoms. The highest BCUT2D eigenvalue weighted by atomic mass is 16.5. The first-order chi connectivity index (χ1) is 11.1. The van der Waals surface area contributed by atoms with Crippen molar-refractivity contribution in [3.63, 3.8) is 0 Å². The van der Waals surface area contributed by atoms with Crippen molar-refractivity contribution in [1.82, 2.24) is 9.88 Å². The lowest BCUT2D eigenvalue weighted by atomic mass is 10.0. The maximum absolute atomic E-state index is 12.5. The van der Waals surface area contributed by atoms with Crippen molar-refractivity contribution in [2.45, 2.75) is 25.3 Å². The van der Waals surface area contributed by atoms with E-state index < -0.39 is 6.04 Å². The molecule has 1 aliphatic heterocycles. The summed E-state index contributed by atoms with van der Waals surface area (Å²) in [7, 11) is 1.84. The molecule has 2 aromatic rings. The van der Waals surface area contributed by atoms with Crippen LogP contribution in [-0.2, 0) is 16.0 Å². The van der Waals surface area contributed by atoms with Crippen LogP contribution in [0, 0.1) is 5.92 Å². The van der Waals surface area contributed by atoms with E-state index in [0.29, 0.717) is 12.3 Å². The van der Waals surface area contributed by atoms with Crippen LogP contribution in [0.25, 0.3) is 10.9 Å². The number of likely N-dealkylation sites (N-methyl/N-ethyl adjacent to an activating group) is 1. The van der Waals surface area contributed by atoms with Crippen LogP contribution in [-0.4, -0.2) is 48.6 Å². The third-order valence-electron chi connectivity index (χ3n) is 4.59. The van der Waals surface area contributed by atoms with Crippen LogP contribution < -0.4 is 5.73 Å². The summed E-state index contributed by atoms with van der Waals surface area (Å²) in [6.07, 6.45) is 4.70. The van der Waals surface area contributed by atoms with Gasteiger partial charge in [-0.3, -0.25) is 4.79 Å². The molecule has 1 aromatic carbocycles. The van der Waals surface area contributed by atoms with E-state index in [1.54, 1.807) is 4.90 Å². The van der Waals surface area contributed by atoms with Gasteiger partial charge in [-0.2, -0.15) is 0 Å². The van der Waals surface area contributed by atoms with Crippen LogP contribution in [0.15, 0.2) is 30.5 Å². The summed E-state index contributed by atoms with van der Waals surface area (Å²) >= 11 is 0. The van der Waals surface area contributed by atoms with E-state index in [2.05, 4.69) is 11.1 Å². The second kappa shape index (κ2) is 7.15. The fourth-order valence-corrected chi connectivity index (χ4v) is 3.34. The van der Waals surface area contributed by atoms with Gasteiger partial charge in [-0.25, -0.2) is 0 Å². The van der Waals surface area contributed by atoms with Gasteiger partial charge in [0.15, 0.2) is 0 Å². The Morgan fingerprint density at radius 2 is 2.30 bits per heavy atom. The van der Waals surface area contributed by atoms with Gasteiger partial charge in [0, 0.05) is 37.3 Å². The number of ether oxygens (including phenoxy) is 1. The minimum atomic E-state index is -0.510. The molecule has 5 nitrogen and oxygen atoms in total. The lowest BCUT2D eigenvalue weighted by molar-refractivity contribution is -0.132. The molecule has 0 aliphatic carbocycles. The first kappa shape index (κ1) is 16.0. The largest absolute Gasteiger partial charge is 0.381 e. The number of aromatic amines is 1. The Balaban J connectivity index is 1.60. The molecule has 0 saturated carbocycles. The summed E-state index contributed by atoms with van der Waals surface area (Å²) < 4.78 is 5.48. The average molecular weight is 315 g/mol. The molecule has 1 aromatic heterocycles. The normalized spacial score (nSPS) is 19.7. The summed E-state index contributed by atoms with van der Waals surface area (Å²) in [6, 6.07) is 7.57. The third-order valence-corrected chi connectivity index (χ3v) is 4.59. The summed E-state index contributed by atoms with van der Waals surface area (Å²) in [5, 5.41) is 1.14. The van der Waals surface area contributed by atoms with Crippen LogP contribution in [0.2, 0.25) is 0 Å². The molecule has 1 aliphatic rings. The lowest BCUT2D eigenvalue weighted by Crippen LogP contribution is -2.45. The number of hydrogen-bond acceptors (Lipinski definition) is 3. The van der Waals surface area contributed by atoms with Gasteiger partial charge in [0.2, 0.25) is 5.91 Å². The van der Waals surface area contributed by atoms with Crippen LogP contribution in [0.5, 0.6) is 0 Å². The first-order valence-corrected chi connectivity index (χ1v) is 8.28. The molecule has 2 heterocycles. The number of fused-ring (bicyclic) bond motifs is 1. The fraction of sp³-hybridized carbons (Fsp3) is 0.500. The van der Waals surface area contributed by atoms with E-state index in [-0.39, 0.29) is 5.91 Å². The van der Waals surface area contributed by atoms with Crippen molar-refractivity contribution >= 4 is 16.8 Å². The molecule has 1 fully saturated rings. The molecule has 1 amide bonds. The Morgan fingerprint density at radius 1 is 1.48 bits per heavy atom. The van der Waals surface area contributed by atoms with Gasteiger partial charge in [-0.15, -0.1) is 0 Å². The Kier molecular flexibility index (Phi) is 4.98. The van der Waals surface area contributed by atoms with E-state index in [0.717, 1.165) is 49.1 Å².